The predicted octanol–water partition coefficient (Wildman–Crippen LogP) is 4.80. The highest BCUT2D eigenvalue weighted by atomic mass is 16.5. The summed E-state index contributed by atoms with van der Waals surface area (Å²) in [7, 11) is 0. The average molecular weight is 479 g/mol. The van der Waals surface area contributed by atoms with Crippen molar-refractivity contribution in [3.05, 3.63) is 70.2 Å². The van der Waals surface area contributed by atoms with E-state index in [1.165, 1.54) is 0 Å². The molecule has 3 heterocycles. The van der Waals surface area contributed by atoms with Crippen molar-refractivity contribution in [1.29, 1.82) is 0 Å². The average Bonchev–Trinajstić information content (AvgIpc) is 3.50. The molecule has 0 spiro atoms. The van der Waals surface area contributed by atoms with Gasteiger partial charge in [0.1, 0.15) is 11.5 Å². The maximum atomic E-state index is 13.1. The molecular weight excluding hydrogens is 444 g/mol. The first-order chi connectivity index (χ1) is 16.8. The third-order valence-corrected chi connectivity index (χ3v) is 5.95. The molecule has 0 amide bonds. The van der Waals surface area contributed by atoms with E-state index in [1.54, 1.807) is 6.26 Å². The maximum Gasteiger partial charge on any atom is 0.252 e. The van der Waals surface area contributed by atoms with Crippen LogP contribution in [-0.4, -0.2) is 36.7 Å². The highest BCUT2D eigenvalue weighted by Crippen LogP contribution is 2.30. The molecular formula is C26H34N6O3. The summed E-state index contributed by atoms with van der Waals surface area (Å²) in [6.45, 7) is 11.8. The lowest BCUT2D eigenvalue weighted by Crippen LogP contribution is -2.35. The van der Waals surface area contributed by atoms with E-state index >= 15 is 0 Å². The second-order valence-electron chi connectivity index (χ2n) is 9.71. The molecule has 1 N–H and O–H groups in total. The zero-order valence-electron chi connectivity index (χ0n) is 21.1. The number of hydrogen-bond acceptors (Lipinski definition) is 7. The number of aromatic nitrogens is 5. The summed E-state index contributed by atoms with van der Waals surface area (Å²) in [6.07, 6.45) is 3.43. The number of hydrogen-bond donors (Lipinski definition) is 1. The Balaban J connectivity index is 1.76. The molecule has 4 rings (SSSR count). The van der Waals surface area contributed by atoms with Gasteiger partial charge in [0, 0.05) is 23.0 Å². The topological polar surface area (TPSA) is 102 Å². The first-order valence-corrected chi connectivity index (χ1v) is 12.1. The third kappa shape index (κ3) is 5.62. The second kappa shape index (κ2) is 10.4. The van der Waals surface area contributed by atoms with Gasteiger partial charge in [-0.15, -0.1) is 5.10 Å². The van der Waals surface area contributed by atoms with Crippen molar-refractivity contribution in [2.24, 2.45) is 0 Å². The minimum atomic E-state index is -0.280. The summed E-state index contributed by atoms with van der Waals surface area (Å²) >= 11 is 0. The summed E-state index contributed by atoms with van der Waals surface area (Å²) in [5.41, 5.74) is 1.05. The van der Waals surface area contributed by atoms with Crippen LogP contribution in [0.15, 0.2) is 51.9 Å². The van der Waals surface area contributed by atoms with Crippen LogP contribution >= 0.6 is 0 Å². The number of fused-ring (bicyclic) bond motifs is 1. The van der Waals surface area contributed by atoms with Crippen molar-refractivity contribution >= 4 is 10.9 Å². The van der Waals surface area contributed by atoms with Crippen LogP contribution in [0.25, 0.3) is 10.9 Å². The van der Waals surface area contributed by atoms with E-state index < -0.39 is 0 Å². The number of furan rings is 1. The van der Waals surface area contributed by atoms with Crippen LogP contribution in [0.2, 0.25) is 0 Å². The molecule has 9 heteroatoms. The number of nitrogens with one attached hydrogen (secondary N) is 1. The van der Waals surface area contributed by atoms with Crippen LogP contribution in [0.4, 0.5) is 0 Å². The molecule has 1 aromatic carbocycles. The minimum absolute atomic E-state index is 0.107. The van der Waals surface area contributed by atoms with Gasteiger partial charge in [-0.25, -0.2) is 4.68 Å². The van der Waals surface area contributed by atoms with Crippen molar-refractivity contribution < 1.29 is 9.15 Å². The van der Waals surface area contributed by atoms with Crippen molar-refractivity contribution in [2.75, 3.05) is 6.61 Å². The molecule has 1 atom stereocenters. The number of rotatable bonds is 10. The number of H-pyrrole nitrogens is 1. The molecule has 0 unspecified atom stereocenters. The van der Waals surface area contributed by atoms with Gasteiger partial charge in [0.2, 0.25) is 0 Å². The monoisotopic (exact) mass is 478 g/mol. The van der Waals surface area contributed by atoms with Crippen LogP contribution in [0, 0.1) is 0 Å². The summed E-state index contributed by atoms with van der Waals surface area (Å²) in [4.78, 5) is 18.3. The zero-order chi connectivity index (χ0) is 25.0. The highest BCUT2D eigenvalue weighted by Gasteiger charge is 2.30. The number of benzene rings is 1. The van der Waals surface area contributed by atoms with Crippen LogP contribution in [0.1, 0.15) is 70.7 Å². The number of nitrogens with zero attached hydrogens (tertiary/aromatic N) is 5. The Morgan fingerprint density at radius 3 is 2.69 bits per heavy atom. The maximum absolute atomic E-state index is 13.1. The van der Waals surface area contributed by atoms with E-state index in [4.69, 9.17) is 9.15 Å². The Morgan fingerprint density at radius 1 is 1.17 bits per heavy atom. The summed E-state index contributed by atoms with van der Waals surface area (Å²) in [6, 6.07) is 11.4. The van der Waals surface area contributed by atoms with Gasteiger partial charge in [-0.1, -0.05) is 13.3 Å². The van der Waals surface area contributed by atoms with Crippen LogP contribution in [0.5, 0.6) is 5.75 Å². The van der Waals surface area contributed by atoms with Crippen molar-refractivity contribution in [2.45, 2.75) is 72.1 Å². The molecule has 0 aliphatic carbocycles. The fourth-order valence-electron chi connectivity index (χ4n) is 4.33. The van der Waals surface area contributed by atoms with E-state index in [-0.39, 0.29) is 17.1 Å². The lowest BCUT2D eigenvalue weighted by Gasteiger charge is -2.32. The van der Waals surface area contributed by atoms with Gasteiger partial charge in [-0.2, -0.15) is 0 Å². The van der Waals surface area contributed by atoms with Gasteiger partial charge < -0.3 is 14.1 Å². The lowest BCUT2D eigenvalue weighted by molar-refractivity contribution is 0.138. The Labute approximate surface area is 205 Å². The van der Waals surface area contributed by atoms with Crippen LogP contribution < -0.4 is 10.3 Å². The molecule has 0 radical (unpaired) electrons. The molecule has 9 nitrogen and oxygen atoms in total. The fraction of sp³-hybridized carbons (Fsp3) is 0.462. The largest absolute Gasteiger partial charge is 0.494 e. The lowest BCUT2D eigenvalue weighted by atomic mass is 10.0. The second-order valence-corrected chi connectivity index (χ2v) is 9.71. The summed E-state index contributed by atoms with van der Waals surface area (Å²) in [5.74, 6) is 2.37. The predicted molar refractivity (Wildman–Crippen MR) is 134 cm³/mol. The van der Waals surface area contributed by atoms with Crippen molar-refractivity contribution in [3.8, 4) is 5.75 Å². The standard InChI is InChI=1S/C26H34N6O3/c1-6-9-23(24-28-29-30-32(24)26(3,4)5)31(17-21-10-8-13-35-21)16-19-14-18-15-20(34-7-2)11-12-22(18)27-25(19)33/h8,10-15,23H,6-7,9,16-17H2,1-5H3,(H,27,33)/t23-/m1/s1. The Morgan fingerprint density at radius 2 is 2.00 bits per heavy atom. The van der Waals surface area contributed by atoms with E-state index in [0.29, 0.717) is 25.3 Å². The molecule has 0 saturated heterocycles. The van der Waals surface area contributed by atoms with E-state index in [1.807, 2.05) is 48.0 Å². The van der Waals surface area contributed by atoms with Crippen molar-refractivity contribution in [3.63, 3.8) is 0 Å². The van der Waals surface area contributed by atoms with Gasteiger partial charge in [0.05, 0.1) is 31.0 Å². The quantitative estimate of drug-likeness (QED) is 0.349. The van der Waals surface area contributed by atoms with Gasteiger partial charge in [-0.05, 0) is 80.9 Å². The molecule has 186 valence electrons. The van der Waals surface area contributed by atoms with E-state index in [2.05, 4.69) is 53.1 Å². The number of ether oxygens (including phenoxy) is 1. The fourth-order valence-corrected chi connectivity index (χ4v) is 4.33. The van der Waals surface area contributed by atoms with Crippen LogP contribution in [0.3, 0.4) is 0 Å². The molecule has 4 aromatic rings. The number of aromatic amines is 1. The number of tetrazole rings is 1. The minimum Gasteiger partial charge on any atom is -0.494 e. The van der Waals surface area contributed by atoms with Gasteiger partial charge in [-0.3, -0.25) is 9.69 Å². The molecule has 0 aliphatic rings. The summed E-state index contributed by atoms with van der Waals surface area (Å²) < 4.78 is 13.2. The SMILES string of the molecule is CCC[C@H](c1nnnn1C(C)(C)C)N(Cc1ccco1)Cc1cc2cc(OCC)ccc2[nH]c1=O. The van der Waals surface area contributed by atoms with E-state index in [9.17, 15) is 4.79 Å². The van der Waals surface area contributed by atoms with E-state index in [0.717, 1.165) is 41.1 Å². The molecule has 35 heavy (non-hydrogen) atoms. The van der Waals surface area contributed by atoms with Gasteiger partial charge in [0.15, 0.2) is 5.82 Å². The molecule has 0 saturated carbocycles. The molecule has 0 bridgehead atoms. The summed E-state index contributed by atoms with van der Waals surface area (Å²) in [5, 5.41) is 13.6. The molecule has 0 aliphatic heterocycles. The molecule has 0 fully saturated rings. The Hall–Kier alpha value is -3.46. The van der Waals surface area contributed by atoms with Gasteiger partial charge in [0.25, 0.3) is 5.56 Å². The Kier molecular flexibility index (Phi) is 7.35. The smallest absolute Gasteiger partial charge is 0.252 e. The first kappa shape index (κ1) is 24.7. The molecule has 3 aromatic heterocycles. The third-order valence-electron chi connectivity index (χ3n) is 5.95. The number of pyridine rings is 1. The first-order valence-electron chi connectivity index (χ1n) is 12.1. The normalized spacial score (nSPS) is 13.0. The zero-order valence-corrected chi connectivity index (χ0v) is 21.1. The Bertz CT molecular complexity index is 1300. The van der Waals surface area contributed by atoms with Crippen LogP contribution in [-0.2, 0) is 18.6 Å². The highest BCUT2D eigenvalue weighted by molar-refractivity contribution is 5.80. The van der Waals surface area contributed by atoms with Crippen molar-refractivity contribution in [1.82, 2.24) is 30.1 Å². The van der Waals surface area contributed by atoms with Gasteiger partial charge >= 0.3 is 0 Å².